The van der Waals surface area contributed by atoms with Crippen LogP contribution in [0.2, 0.25) is 0 Å². The second-order valence-electron chi connectivity index (χ2n) is 9.45. The summed E-state index contributed by atoms with van der Waals surface area (Å²) < 4.78 is 11.5. The Morgan fingerprint density at radius 3 is 2.70 bits per heavy atom. The predicted molar refractivity (Wildman–Crippen MR) is 96.6 cm³/mol. The van der Waals surface area contributed by atoms with Gasteiger partial charge in [0.05, 0.1) is 11.8 Å². The number of esters is 2. The Morgan fingerprint density at radius 1 is 1.19 bits per heavy atom. The highest BCUT2D eigenvalue weighted by Crippen LogP contribution is 2.62. The first kappa shape index (κ1) is 17.9. The molecule has 4 heterocycles. The Morgan fingerprint density at radius 2 is 2.00 bits per heavy atom. The number of aliphatic hydroxyl groups excluding tert-OH is 1. The predicted octanol–water partition coefficient (Wildman–Crippen LogP) is 1.88. The molecule has 9 atom stereocenters. The Hall–Kier alpha value is -1.14. The Balaban J connectivity index is 1.55. The van der Waals surface area contributed by atoms with Crippen LogP contribution in [0.1, 0.15) is 58.8 Å². The van der Waals surface area contributed by atoms with Crippen LogP contribution in [-0.4, -0.2) is 58.4 Å². The molecule has 6 nitrogen and oxygen atoms in total. The Kier molecular flexibility index (Phi) is 4.10. The number of hydrogen-bond donors (Lipinski definition) is 1. The van der Waals surface area contributed by atoms with Crippen molar-refractivity contribution in [2.75, 3.05) is 6.54 Å². The van der Waals surface area contributed by atoms with Gasteiger partial charge in [0, 0.05) is 17.5 Å². The summed E-state index contributed by atoms with van der Waals surface area (Å²) in [5.74, 6) is 0.0729. The van der Waals surface area contributed by atoms with Gasteiger partial charge in [-0.1, -0.05) is 20.3 Å². The van der Waals surface area contributed by atoms with Crippen LogP contribution in [0.3, 0.4) is 0 Å². The lowest BCUT2D eigenvalue weighted by atomic mass is 9.73. The molecule has 0 aromatic rings. The fraction of sp³-hybridized carbons (Fsp3) is 0.905. The summed E-state index contributed by atoms with van der Waals surface area (Å²) in [6, 6.07) is 0.207. The number of carbonyl (C=O) groups excluding carboxylic acids is 2. The number of nitrogens with zero attached hydrogens (tertiary/aromatic N) is 1. The third kappa shape index (κ3) is 2.26. The van der Waals surface area contributed by atoms with Gasteiger partial charge in [-0.25, -0.2) is 4.79 Å². The average molecular weight is 377 g/mol. The van der Waals surface area contributed by atoms with Crippen molar-refractivity contribution in [3.63, 3.8) is 0 Å². The van der Waals surface area contributed by atoms with Crippen molar-refractivity contribution in [2.24, 2.45) is 23.7 Å². The molecule has 1 aliphatic carbocycles. The first-order valence-electron chi connectivity index (χ1n) is 10.8. The summed E-state index contributed by atoms with van der Waals surface area (Å²) in [4.78, 5) is 26.9. The van der Waals surface area contributed by atoms with E-state index in [1.807, 2.05) is 6.92 Å². The molecule has 0 radical (unpaired) electrons. The van der Waals surface area contributed by atoms with E-state index < -0.39 is 12.1 Å². The Bertz CT molecular complexity index is 652. The molecule has 0 bridgehead atoms. The van der Waals surface area contributed by atoms with Crippen LogP contribution in [-0.2, 0) is 19.1 Å². The number of carbonyl (C=O) groups is 2. The quantitative estimate of drug-likeness (QED) is 0.741. The van der Waals surface area contributed by atoms with E-state index in [0.29, 0.717) is 11.8 Å². The fourth-order valence-electron chi connectivity index (χ4n) is 7.49. The topological polar surface area (TPSA) is 76.1 Å². The zero-order chi connectivity index (χ0) is 18.9. The lowest BCUT2D eigenvalue weighted by molar-refractivity contribution is -0.150. The largest absolute Gasteiger partial charge is 0.460 e. The van der Waals surface area contributed by atoms with Crippen molar-refractivity contribution in [1.29, 1.82) is 0 Å². The van der Waals surface area contributed by atoms with Gasteiger partial charge >= 0.3 is 11.9 Å². The van der Waals surface area contributed by atoms with E-state index in [0.717, 1.165) is 45.1 Å². The smallest absolute Gasteiger partial charge is 0.335 e. The molecule has 1 saturated carbocycles. The van der Waals surface area contributed by atoms with Crippen molar-refractivity contribution in [3.8, 4) is 0 Å². The number of aliphatic hydroxyl groups is 1. The number of cyclic esters (lactones) is 1. The van der Waals surface area contributed by atoms with Crippen molar-refractivity contribution >= 4 is 11.9 Å². The normalized spacial score (nSPS) is 52.1. The molecular weight excluding hydrogens is 346 g/mol. The van der Waals surface area contributed by atoms with Crippen LogP contribution in [0.4, 0.5) is 0 Å². The van der Waals surface area contributed by atoms with Crippen LogP contribution in [0.5, 0.6) is 0 Å². The minimum Gasteiger partial charge on any atom is -0.460 e. The van der Waals surface area contributed by atoms with Gasteiger partial charge in [0.2, 0.25) is 0 Å². The first-order chi connectivity index (χ1) is 13.0. The number of rotatable bonds is 2. The van der Waals surface area contributed by atoms with Gasteiger partial charge < -0.3 is 14.6 Å². The third-order valence-corrected chi connectivity index (χ3v) is 8.44. The van der Waals surface area contributed by atoms with Crippen LogP contribution >= 0.6 is 0 Å². The van der Waals surface area contributed by atoms with E-state index in [9.17, 15) is 14.7 Å². The first-order valence-corrected chi connectivity index (χ1v) is 10.8. The molecule has 4 saturated heterocycles. The molecule has 5 rings (SSSR count). The monoisotopic (exact) mass is 377 g/mol. The van der Waals surface area contributed by atoms with Crippen molar-refractivity contribution in [2.45, 2.75) is 88.7 Å². The second kappa shape index (κ2) is 6.18. The second-order valence-corrected chi connectivity index (χ2v) is 9.45. The van der Waals surface area contributed by atoms with Crippen LogP contribution < -0.4 is 0 Å². The molecule has 5 aliphatic rings. The highest BCUT2D eigenvalue weighted by atomic mass is 16.6. The van der Waals surface area contributed by atoms with Crippen molar-refractivity contribution in [1.82, 2.24) is 4.90 Å². The van der Waals surface area contributed by atoms with E-state index in [1.54, 1.807) is 0 Å². The average Bonchev–Trinajstić information content (AvgIpc) is 3.29. The zero-order valence-corrected chi connectivity index (χ0v) is 16.3. The third-order valence-electron chi connectivity index (χ3n) is 8.44. The summed E-state index contributed by atoms with van der Waals surface area (Å²) in [5.41, 5.74) is -0.184. The molecule has 0 amide bonds. The maximum absolute atomic E-state index is 12.3. The summed E-state index contributed by atoms with van der Waals surface area (Å²) in [7, 11) is 0. The number of hydrogen-bond acceptors (Lipinski definition) is 6. The minimum atomic E-state index is -1.02. The van der Waals surface area contributed by atoms with Crippen LogP contribution in [0, 0.1) is 23.7 Å². The van der Waals surface area contributed by atoms with Crippen LogP contribution in [0.15, 0.2) is 0 Å². The standard InChI is InChI=1S/C21H31NO5/c1-3-12-13-6-4-5-9-22-14(15-10-11(2)19(24)26-15)7-8-21(13,22)16-17(23)20(25)27-18(12)16/h11-18,23H,3-10H2,1-2H3/t11-,12?,13+,14+,15+,16-,17?,18-,21-/m1/s1. The van der Waals surface area contributed by atoms with E-state index in [1.165, 1.54) is 6.42 Å². The van der Waals surface area contributed by atoms with Gasteiger partial charge in [-0.2, -0.15) is 0 Å². The minimum absolute atomic E-state index is 0.0315. The van der Waals surface area contributed by atoms with Crippen molar-refractivity contribution < 1.29 is 24.2 Å². The molecule has 1 N–H and O–H groups in total. The van der Waals surface area contributed by atoms with E-state index >= 15 is 0 Å². The lowest BCUT2D eigenvalue weighted by Crippen LogP contribution is -2.58. The van der Waals surface area contributed by atoms with Gasteiger partial charge in [0.15, 0.2) is 6.10 Å². The Labute approximate surface area is 160 Å². The van der Waals surface area contributed by atoms with Gasteiger partial charge in [0.1, 0.15) is 12.2 Å². The molecule has 27 heavy (non-hydrogen) atoms. The summed E-state index contributed by atoms with van der Waals surface area (Å²) in [5, 5.41) is 10.8. The summed E-state index contributed by atoms with van der Waals surface area (Å²) >= 11 is 0. The highest BCUT2D eigenvalue weighted by molar-refractivity contribution is 5.78. The summed E-state index contributed by atoms with van der Waals surface area (Å²) in [6.07, 6.45) is 5.91. The van der Waals surface area contributed by atoms with Gasteiger partial charge in [-0.3, -0.25) is 9.69 Å². The molecular formula is C21H31NO5. The molecule has 1 spiro atoms. The highest BCUT2D eigenvalue weighted by Gasteiger charge is 2.71. The lowest BCUT2D eigenvalue weighted by Gasteiger charge is -2.46. The molecule has 5 fully saturated rings. The number of fused-ring (bicyclic) bond motifs is 1. The zero-order valence-electron chi connectivity index (χ0n) is 16.3. The van der Waals surface area contributed by atoms with Gasteiger partial charge in [-0.15, -0.1) is 0 Å². The molecule has 6 heteroatoms. The fourth-order valence-corrected chi connectivity index (χ4v) is 7.49. The van der Waals surface area contributed by atoms with E-state index in [2.05, 4.69) is 11.8 Å². The van der Waals surface area contributed by atoms with E-state index in [-0.39, 0.29) is 41.6 Å². The SMILES string of the molecule is CCC1[C@H]2OC(=O)C(O)[C@H]2[C@]23CC[C@@H]([C@@H]4C[C@@H](C)C(=O)O4)N2CCCC[C@@H]13. The number of ether oxygens (including phenoxy) is 2. The van der Waals surface area contributed by atoms with Crippen LogP contribution in [0.25, 0.3) is 0 Å². The van der Waals surface area contributed by atoms with Crippen molar-refractivity contribution in [3.05, 3.63) is 0 Å². The molecule has 150 valence electrons. The maximum atomic E-state index is 12.3. The molecule has 4 aliphatic heterocycles. The van der Waals surface area contributed by atoms with Gasteiger partial charge in [0.25, 0.3) is 0 Å². The van der Waals surface area contributed by atoms with Gasteiger partial charge in [-0.05, 0) is 51.0 Å². The molecule has 2 unspecified atom stereocenters. The maximum Gasteiger partial charge on any atom is 0.335 e. The van der Waals surface area contributed by atoms with E-state index in [4.69, 9.17) is 9.47 Å². The summed E-state index contributed by atoms with van der Waals surface area (Å²) in [6.45, 7) is 5.09. The molecule has 0 aromatic carbocycles. The molecule has 0 aromatic heterocycles.